The Kier molecular flexibility index (Phi) is 7.25. The molecule has 0 aliphatic rings. The van der Waals surface area contributed by atoms with E-state index in [2.05, 4.69) is 15.0 Å². The van der Waals surface area contributed by atoms with Gasteiger partial charge < -0.3 is 9.97 Å². The van der Waals surface area contributed by atoms with Crippen LogP contribution < -0.4 is 5.56 Å². The van der Waals surface area contributed by atoms with Crippen LogP contribution in [0.1, 0.15) is 36.4 Å². The zero-order valence-electron chi connectivity index (χ0n) is 13.4. The maximum atomic E-state index is 12.3. The van der Waals surface area contributed by atoms with Gasteiger partial charge in [-0.25, -0.2) is 4.98 Å². The van der Waals surface area contributed by atoms with Crippen molar-refractivity contribution in [2.45, 2.75) is 34.2 Å². The van der Waals surface area contributed by atoms with Crippen molar-refractivity contribution in [1.29, 1.82) is 0 Å². The fraction of sp³-hybridized carbons (Fsp3) is 0.312. The molecule has 0 radical (unpaired) electrons. The molecule has 0 atom stereocenters. The van der Waals surface area contributed by atoms with Crippen LogP contribution in [0.5, 0.6) is 0 Å². The van der Waals surface area contributed by atoms with Crippen molar-refractivity contribution in [2.24, 2.45) is 0 Å². The van der Waals surface area contributed by atoms with Gasteiger partial charge in [-0.2, -0.15) is 0 Å². The van der Waals surface area contributed by atoms with Crippen LogP contribution in [0.25, 0.3) is 10.9 Å². The van der Waals surface area contributed by atoms with E-state index in [9.17, 15) is 4.79 Å². The van der Waals surface area contributed by atoms with Crippen LogP contribution in [0.2, 0.25) is 0 Å². The van der Waals surface area contributed by atoms with Crippen LogP contribution in [-0.4, -0.2) is 19.5 Å². The normalized spacial score (nSPS) is 9.45. The standard InChI is InChI=1S/C12H10N4OS.2C2H6.2H2/c17-11-8-3-1-2-4-9(8)15-12(18)16(11)7-10-13-5-6-14-10;2*1-2;;/h1-6H,7H2,(H,13,14)(H,15,18);2*1-2H3;2*1H. The van der Waals surface area contributed by atoms with Crippen molar-refractivity contribution >= 4 is 23.1 Å². The Hall–Kier alpha value is -2.21. The molecule has 2 heterocycles. The smallest absolute Gasteiger partial charge is 0.262 e. The Morgan fingerprint density at radius 1 is 1.23 bits per heavy atom. The molecule has 6 heteroatoms. The van der Waals surface area contributed by atoms with Crippen molar-refractivity contribution in [3.63, 3.8) is 0 Å². The lowest BCUT2D eigenvalue weighted by Gasteiger charge is -2.06. The van der Waals surface area contributed by atoms with Crippen molar-refractivity contribution < 1.29 is 2.85 Å². The number of nitrogens with one attached hydrogen (secondary N) is 2. The van der Waals surface area contributed by atoms with Gasteiger partial charge in [-0.1, -0.05) is 39.8 Å². The highest BCUT2D eigenvalue weighted by atomic mass is 32.1. The Morgan fingerprint density at radius 3 is 2.55 bits per heavy atom. The number of aromatic nitrogens is 4. The second-order valence-electron chi connectivity index (χ2n) is 3.90. The van der Waals surface area contributed by atoms with Crippen LogP contribution in [0.15, 0.2) is 41.5 Å². The summed E-state index contributed by atoms with van der Waals surface area (Å²) in [5.41, 5.74) is 0.647. The molecule has 22 heavy (non-hydrogen) atoms. The summed E-state index contributed by atoms with van der Waals surface area (Å²) in [7, 11) is 0. The molecule has 3 rings (SSSR count). The molecule has 1 aromatic carbocycles. The lowest BCUT2D eigenvalue weighted by atomic mass is 10.2. The minimum Gasteiger partial charge on any atom is -0.347 e. The monoisotopic (exact) mass is 322 g/mol. The largest absolute Gasteiger partial charge is 0.347 e. The number of hydrogen-bond donors (Lipinski definition) is 2. The molecule has 0 spiro atoms. The molecule has 0 saturated carbocycles. The summed E-state index contributed by atoms with van der Waals surface area (Å²) in [5, 5.41) is 0.623. The predicted molar refractivity (Wildman–Crippen MR) is 98.0 cm³/mol. The Bertz CT molecular complexity index is 813. The maximum Gasteiger partial charge on any atom is 0.262 e. The van der Waals surface area contributed by atoms with Gasteiger partial charge in [-0.15, -0.1) is 0 Å². The van der Waals surface area contributed by atoms with Gasteiger partial charge in [0.2, 0.25) is 0 Å². The highest BCUT2D eigenvalue weighted by molar-refractivity contribution is 7.71. The Balaban J connectivity index is 0. The van der Waals surface area contributed by atoms with E-state index in [1.165, 1.54) is 4.57 Å². The van der Waals surface area contributed by atoms with Gasteiger partial charge in [0, 0.05) is 15.2 Å². The third-order valence-corrected chi connectivity index (χ3v) is 3.07. The molecular weight excluding hydrogens is 296 g/mol. The van der Waals surface area contributed by atoms with Crippen molar-refractivity contribution in [1.82, 2.24) is 19.5 Å². The van der Waals surface area contributed by atoms with Crippen LogP contribution in [0.4, 0.5) is 0 Å². The summed E-state index contributed by atoms with van der Waals surface area (Å²) in [6.45, 7) is 8.34. The third-order valence-electron chi connectivity index (χ3n) is 2.75. The van der Waals surface area contributed by atoms with E-state index in [-0.39, 0.29) is 8.41 Å². The van der Waals surface area contributed by atoms with Crippen molar-refractivity contribution in [3.05, 3.63) is 57.6 Å². The molecule has 5 nitrogen and oxygen atoms in total. The van der Waals surface area contributed by atoms with E-state index < -0.39 is 0 Å². The summed E-state index contributed by atoms with van der Waals surface area (Å²) < 4.78 is 1.89. The summed E-state index contributed by atoms with van der Waals surface area (Å²) >= 11 is 5.21. The van der Waals surface area contributed by atoms with E-state index in [4.69, 9.17) is 12.2 Å². The topological polar surface area (TPSA) is 66.5 Å². The molecule has 0 amide bonds. The first kappa shape index (κ1) is 17.8. The van der Waals surface area contributed by atoms with Gasteiger partial charge in [0.25, 0.3) is 5.56 Å². The first-order chi connectivity index (χ1) is 10.8. The second-order valence-corrected chi connectivity index (χ2v) is 4.29. The molecule has 2 N–H and O–H groups in total. The molecule has 3 aromatic rings. The van der Waals surface area contributed by atoms with Gasteiger partial charge in [-0.05, 0) is 24.4 Å². The van der Waals surface area contributed by atoms with Crippen molar-refractivity contribution in [3.8, 4) is 0 Å². The highest BCUT2D eigenvalue weighted by Crippen LogP contribution is 2.06. The number of imidazole rings is 1. The van der Waals surface area contributed by atoms with Gasteiger partial charge in [0.1, 0.15) is 5.82 Å². The molecule has 122 valence electrons. The average molecular weight is 322 g/mol. The third kappa shape index (κ3) is 3.92. The average Bonchev–Trinajstić information content (AvgIpc) is 3.08. The van der Waals surface area contributed by atoms with E-state index in [1.54, 1.807) is 18.5 Å². The lowest BCUT2D eigenvalue weighted by molar-refractivity contribution is 0.703. The molecule has 2 aromatic heterocycles. The number of benzene rings is 1. The maximum absolute atomic E-state index is 12.3. The molecule has 0 aliphatic heterocycles. The summed E-state index contributed by atoms with van der Waals surface area (Å²) in [4.78, 5) is 22.4. The van der Waals surface area contributed by atoms with Gasteiger partial charge in [0.05, 0.1) is 17.4 Å². The van der Waals surface area contributed by atoms with Gasteiger partial charge in [0.15, 0.2) is 4.77 Å². The molecular formula is C16H26N4OS. The number of para-hydroxylation sites is 1. The highest BCUT2D eigenvalue weighted by Gasteiger charge is 2.06. The number of nitrogens with zero attached hydrogens (tertiary/aromatic N) is 2. The predicted octanol–water partition coefficient (Wildman–Crippen LogP) is 4.37. The minimum atomic E-state index is -0.106. The van der Waals surface area contributed by atoms with Crippen LogP contribution in [0.3, 0.4) is 0 Å². The molecule has 0 saturated heterocycles. The fourth-order valence-electron chi connectivity index (χ4n) is 1.88. The molecule has 0 bridgehead atoms. The van der Waals surface area contributed by atoms with Crippen LogP contribution in [0, 0.1) is 4.77 Å². The number of rotatable bonds is 2. The fourth-order valence-corrected chi connectivity index (χ4v) is 2.13. The van der Waals surface area contributed by atoms with E-state index in [0.29, 0.717) is 22.5 Å². The van der Waals surface area contributed by atoms with Crippen LogP contribution >= 0.6 is 12.2 Å². The first-order valence-corrected chi connectivity index (χ1v) is 7.86. The van der Waals surface area contributed by atoms with Crippen LogP contribution in [-0.2, 0) is 6.54 Å². The number of hydrogen-bond acceptors (Lipinski definition) is 3. The van der Waals surface area contributed by atoms with E-state index in [1.807, 2.05) is 45.9 Å². The minimum absolute atomic E-state index is 0. The Morgan fingerprint density at radius 2 is 1.91 bits per heavy atom. The number of H-pyrrole nitrogens is 2. The number of fused-ring (bicyclic) bond motifs is 1. The first-order valence-electron chi connectivity index (χ1n) is 7.46. The lowest BCUT2D eigenvalue weighted by Crippen LogP contribution is -2.23. The number of aromatic amines is 2. The summed E-state index contributed by atoms with van der Waals surface area (Å²) in [5.74, 6) is 0.701. The van der Waals surface area contributed by atoms with Gasteiger partial charge >= 0.3 is 0 Å². The molecule has 0 aliphatic carbocycles. The summed E-state index contributed by atoms with van der Waals surface area (Å²) in [6.07, 6.45) is 3.36. The Labute approximate surface area is 138 Å². The SMILES string of the molecule is CC.CC.O=c1c2ccccc2[nH]c(=S)n1Cc1ncc[nH]1.[HH].[HH]. The van der Waals surface area contributed by atoms with Crippen molar-refractivity contribution in [2.75, 3.05) is 0 Å². The molecule has 0 unspecified atom stereocenters. The van der Waals surface area contributed by atoms with E-state index in [0.717, 1.165) is 5.52 Å². The zero-order chi connectivity index (χ0) is 16.5. The molecule has 0 fully saturated rings. The second kappa shape index (κ2) is 8.94. The van der Waals surface area contributed by atoms with E-state index >= 15 is 0 Å². The van der Waals surface area contributed by atoms with Gasteiger partial charge in [-0.3, -0.25) is 9.36 Å². The quantitative estimate of drug-likeness (QED) is 0.688. The zero-order valence-corrected chi connectivity index (χ0v) is 14.2. The summed E-state index contributed by atoms with van der Waals surface area (Å²) in [6, 6.07) is 7.31.